The first kappa shape index (κ1) is 21.6. The summed E-state index contributed by atoms with van der Waals surface area (Å²) in [4.78, 5) is 37.3. The molecule has 1 aromatic heterocycles. The highest BCUT2D eigenvalue weighted by Gasteiger charge is 2.16. The molecule has 168 valence electrons. The van der Waals surface area contributed by atoms with E-state index in [0.717, 1.165) is 30.5 Å². The molecule has 1 unspecified atom stereocenters. The van der Waals surface area contributed by atoms with Gasteiger partial charge >= 0.3 is 11.7 Å². The molecule has 9 nitrogen and oxygen atoms in total. The molecule has 0 radical (unpaired) electrons. The third kappa shape index (κ3) is 4.83. The summed E-state index contributed by atoms with van der Waals surface area (Å²) in [6.07, 6.45) is 2.06. The Morgan fingerprint density at radius 3 is 2.28 bits per heavy atom. The molecule has 4 rings (SSSR count). The van der Waals surface area contributed by atoms with Crippen molar-refractivity contribution in [2.75, 3.05) is 23.8 Å². The Bertz CT molecular complexity index is 1160. The number of aromatic nitrogens is 2. The van der Waals surface area contributed by atoms with Crippen LogP contribution in [0, 0.1) is 0 Å². The Morgan fingerprint density at radius 1 is 1.00 bits per heavy atom. The molecule has 3 aromatic rings. The second kappa shape index (κ2) is 9.69. The Balaban J connectivity index is 1.34. The predicted molar refractivity (Wildman–Crippen MR) is 123 cm³/mol. The highest BCUT2D eigenvalue weighted by Crippen LogP contribution is 2.16. The number of amides is 3. The molecule has 3 N–H and O–H groups in total. The van der Waals surface area contributed by atoms with E-state index < -0.39 is 0 Å². The van der Waals surface area contributed by atoms with E-state index in [1.54, 1.807) is 28.8 Å². The van der Waals surface area contributed by atoms with Crippen molar-refractivity contribution < 1.29 is 14.3 Å². The molecule has 1 fully saturated rings. The number of carbonyl (C=O) groups excluding carboxylic acids is 2. The van der Waals surface area contributed by atoms with Crippen LogP contribution in [0.1, 0.15) is 19.8 Å². The van der Waals surface area contributed by atoms with Crippen LogP contribution < -0.4 is 21.6 Å². The first-order valence-electron chi connectivity index (χ1n) is 10.8. The minimum atomic E-state index is -0.305. The summed E-state index contributed by atoms with van der Waals surface area (Å²) in [7, 11) is 0. The highest BCUT2D eigenvalue weighted by molar-refractivity contribution is 5.93. The molecular formula is C23H27N5O4. The lowest BCUT2D eigenvalue weighted by atomic mass is 10.2. The Kier molecular flexibility index (Phi) is 6.55. The van der Waals surface area contributed by atoms with E-state index >= 15 is 0 Å². The van der Waals surface area contributed by atoms with Crippen molar-refractivity contribution in [1.29, 1.82) is 0 Å². The third-order valence-corrected chi connectivity index (χ3v) is 5.48. The van der Waals surface area contributed by atoms with Gasteiger partial charge in [-0.25, -0.2) is 9.59 Å². The summed E-state index contributed by atoms with van der Waals surface area (Å²) in [6, 6.07) is 13.9. The Morgan fingerprint density at radius 2 is 1.66 bits per heavy atom. The average molecular weight is 438 g/mol. The number of fused-ring (bicyclic) bond motifs is 1. The van der Waals surface area contributed by atoms with E-state index in [-0.39, 0.29) is 30.3 Å². The van der Waals surface area contributed by atoms with Gasteiger partial charge in [-0.2, -0.15) is 0 Å². The van der Waals surface area contributed by atoms with Crippen molar-refractivity contribution in [3.63, 3.8) is 0 Å². The number of urea groups is 1. The van der Waals surface area contributed by atoms with Crippen LogP contribution in [0.4, 0.5) is 16.2 Å². The number of anilines is 2. The lowest BCUT2D eigenvalue weighted by Crippen LogP contribution is -2.35. The van der Waals surface area contributed by atoms with Crippen LogP contribution in [0.2, 0.25) is 0 Å². The van der Waals surface area contributed by atoms with Gasteiger partial charge < -0.3 is 20.7 Å². The van der Waals surface area contributed by atoms with Gasteiger partial charge in [0.15, 0.2) is 0 Å². The molecule has 0 spiro atoms. The molecule has 9 heteroatoms. The summed E-state index contributed by atoms with van der Waals surface area (Å²) in [6.45, 7) is 3.57. The van der Waals surface area contributed by atoms with Crippen molar-refractivity contribution in [2.24, 2.45) is 0 Å². The number of para-hydroxylation sites is 2. The van der Waals surface area contributed by atoms with Crippen molar-refractivity contribution >= 4 is 34.3 Å². The minimum Gasteiger partial charge on any atom is -0.376 e. The van der Waals surface area contributed by atoms with Gasteiger partial charge in [-0.15, -0.1) is 0 Å². The lowest BCUT2D eigenvalue weighted by Gasteiger charge is -2.12. The average Bonchev–Trinajstić information content (AvgIpc) is 3.40. The van der Waals surface area contributed by atoms with Gasteiger partial charge in [-0.1, -0.05) is 12.1 Å². The molecule has 0 bridgehead atoms. The molecular weight excluding hydrogens is 410 g/mol. The van der Waals surface area contributed by atoms with E-state index in [2.05, 4.69) is 16.0 Å². The van der Waals surface area contributed by atoms with Crippen LogP contribution in [0.25, 0.3) is 11.0 Å². The molecule has 1 aliphatic rings. The van der Waals surface area contributed by atoms with E-state index in [1.165, 1.54) is 4.57 Å². The van der Waals surface area contributed by atoms with Crippen molar-refractivity contribution in [3.8, 4) is 0 Å². The minimum absolute atomic E-state index is 0.0807. The van der Waals surface area contributed by atoms with Gasteiger partial charge in [0.25, 0.3) is 0 Å². The van der Waals surface area contributed by atoms with Gasteiger partial charge in [0.05, 0.1) is 17.1 Å². The number of rotatable bonds is 7. The van der Waals surface area contributed by atoms with Crippen LogP contribution in [-0.2, 0) is 22.6 Å². The highest BCUT2D eigenvalue weighted by atomic mass is 16.5. The van der Waals surface area contributed by atoms with Gasteiger partial charge in [0.1, 0.15) is 6.54 Å². The topological polar surface area (TPSA) is 106 Å². The zero-order valence-electron chi connectivity index (χ0n) is 18.0. The molecule has 1 aliphatic heterocycles. The summed E-state index contributed by atoms with van der Waals surface area (Å²) >= 11 is 0. The largest absolute Gasteiger partial charge is 0.376 e. The number of nitrogens with zero attached hydrogens (tertiary/aromatic N) is 2. The SMILES string of the molecule is CCn1c(=O)n(CC(=O)Nc2ccc(NC(=O)NCC3CCCO3)cc2)c2ccccc21. The fraction of sp³-hybridized carbons (Fsp3) is 0.348. The van der Waals surface area contributed by atoms with E-state index in [1.807, 2.05) is 31.2 Å². The van der Waals surface area contributed by atoms with Crippen LogP contribution >= 0.6 is 0 Å². The summed E-state index contributed by atoms with van der Waals surface area (Å²) in [5.74, 6) is -0.305. The molecule has 1 saturated heterocycles. The first-order chi connectivity index (χ1) is 15.5. The van der Waals surface area contributed by atoms with Crippen LogP contribution in [-0.4, -0.2) is 40.3 Å². The number of hydrogen-bond acceptors (Lipinski definition) is 4. The van der Waals surface area contributed by atoms with Crippen molar-refractivity contribution in [3.05, 3.63) is 59.0 Å². The second-order valence-corrected chi connectivity index (χ2v) is 7.70. The summed E-state index contributed by atoms with van der Waals surface area (Å²) in [5, 5.41) is 8.35. The smallest absolute Gasteiger partial charge is 0.329 e. The number of nitrogens with one attached hydrogen (secondary N) is 3. The number of hydrogen-bond donors (Lipinski definition) is 3. The Labute approximate surface area is 185 Å². The zero-order valence-corrected chi connectivity index (χ0v) is 18.0. The fourth-order valence-corrected chi connectivity index (χ4v) is 3.90. The molecule has 0 aliphatic carbocycles. The van der Waals surface area contributed by atoms with Crippen LogP contribution in [0.3, 0.4) is 0 Å². The molecule has 32 heavy (non-hydrogen) atoms. The van der Waals surface area contributed by atoms with Gasteiger partial charge in [0.2, 0.25) is 5.91 Å². The van der Waals surface area contributed by atoms with E-state index in [4.69, 9.17) is 4.74 Å². The third-order valence-electron chi connectivity index (χ3n) is 5.48. The summed E-state index contributed by atoms with van der Waals surface area (Å²) < 4.78 is 8.60. The van der Waals surface area contributed by atoms with Crippen LogP contribution in [0.5, 0.6) is 0 Å². The van der Waals surface area contributed by atoms with Crippen molar-refractivity contribution in [1.82, 2.24) is 14.5 Å². The van der Waals surface area contributed by atoms with E-state index in [9.17, 15) is 14.4 Å². The quantitative estimate of drug-likeness (QED) is 0.528. The number of ether oxygens (including phenoxy) is 1. The second-order valence-electron chi connectivity index (χ2n) is 7.70. The number of benzene rings is 2. The van der Waals surface area contributed by atoms with Gasteiger partial charge in [-0.05, 0) is 56.2 Å². The molecule has 1 atom stereocenters. The van der Waals surface area contributed by atoms with Crippen LogP contribution in [0.15, 0.2) is 53.3 Å². The fourth-order valence-electron chi connectivity index (χ4n) is 3.90. The zero-order chi connectivity index (χ0) is 22.5. The molecule has 0 saturated carbocycles. The molecule has 3 amide bonds. The number of aryl methyl sites for hydroxylation is 1. The summed E-state index contributed by atoms with van der Waals surface area (Å²) in [5.41, 5.74) is 2.50. The van der Waals surface area contributed by atoms with E-state index in [0.29, 0.717) is 24.5 Å². The monoisotopic (exact) mass is 437 g/mol. The maximum absolute atomic E-state index is 12.7. The normalized spacial score (nSPS) is 15.6. The maximum Gasteiger partial charge on any atom is 0.329 e. The maximum atomic E-state index is 12.7. The lowest BCUT2D eigenvalue weighted by molar-refractivity contribution is -0.116. The molecule has 2 heterocycles. The predicted octanol–water partition coefficient (Wildman–Crippen LogP) is 2.76. The number of imidazole rings is 1. The van der Waals surface area contributed by atoms with Gasteiger partial charge in [-0.3, -0.25) is 13.9 Å². The van der Waals surface area contributed by atoms with Gasteiger partial charge in [0, 0.05) is 31.1 Å². The molecule has 2 aromatic carbocycles. The Hall–Kier alpha value is -3.59. The first-order valence-corrected chi connectivity index (χ1v) is 10.8. The standard InChI is InChI=1S/C23H27N5O4/c1-2-27-19-7-3-4-8-20(19)28(23(27)31)15-21(29)25-16-9-11-17(12-10-16)26-22(30)24-14-18-6-5-13-32-18/h3-4,7-12,18H,2,5-6,13-15H2,1H3,(H,25,29)(H2,24,26,30). The van der Waals surface area contributed by atoms with Crippen molar-refractivity contribution in [2.45, 2.75) is 39.0 Å². The number of carbonyl (C=O) groups is 2.